The first kappa shape index (κ1) is 20.6. The number of ether oxygens (including phenoxy) is 1. The Morgan fingerprint density at radius 1 is 1.32 bits per heavy atom. The molecule has 3 rings (SSSR count). The molecule has 0 aliphatic carbocycles. The summed E-state index contributed by atoms with van der Waals surface area (Å²) < 4.78 is 71.6. The number of nitrogens with one attached hydrogen (secondary N) is 3. The number of carbonyl (C=O) groups excluding carboxylic acids is 2. The molecule has 2 aliphatic heterocycles. The van der Waals surface area contributed by atoms with Gasteiger partial charge in [-0.2, -0.15) is 13.2 Å². The molecule has 2 fully saturated rings. The van der Waals surface area contributed by atoms with Crippen molar-refractivity contribution in [3.63, 3.8) is 0 Å². The Bertz CT molecular complexity index is 792. The normalized spacial score (nSPS) is 25.9. The second-order valence-electron chi connectivity index (χ2n) is 6.52. The smallest absolute Gasteiger partial charge is 0.368 e. The van der Waals surface area contributed by atoms with Gasteiger partial charge >= 0.3 is 12.2 Å². The van der Waals surface area contributed by atoms with Crippen LogP contribution in [0.4, 0.5) is 26.7 Å². The van der Waals surface area contributed by atoms with Crippen molar-refractivity contribution in [2.75, 3.05) is 13.2 Å². The van der Waals surface area contributed by atoms with Crippen LogP contribution in [0.15, 0.2) is 12.1 Å². The first-order chi connectivity index (χ1) is 13.1. The minimum absolute atomic E-state index is 0.0453. The van der Waals surface area contributed by atoms with E-state index in [0.29, 0.717) is 0 Å². The zero-order valence-electron chi connectivity index (χ0n) is 14.1. The first-order valence-electron chi connectivity index (χ1n) is 8.24. The average molecular weight is 428 g/mol. The number of alkyl halides is 3. The van der Waals surface area contributed by atoms with Crippen LogP contribution in [0, 0.1) is 17.6 Å². The second kappa shape index (κ2) is 7.70. The Morgan fingerprint density at radius 3 is 2.61 bits per heavy atom. The average Bonchev–Trinajstić information content (AvgIpc) is 3.27. The van der Waals surface area contributed by atoms with Crippen LogP contribution in [0.3, 0.4) is 0 Å². The fourth-order valence-corrected chi connectivity index (χ4v) is 3.38. The summed E-state index contributed by atoms with van der Waals surface area (Å²) in [6.07, 6.45) is -7.21. The number of halogens is 6. The monoisotopic (exact) mass is 427 g/mol. The van der Waals surface area contributed by atoms with Crippen LogP contribution in [-0.4, -0.2) is 43.4 Å². The van der Waals surface area contributed by atoms with Gasteiger partial charge in [0.05, 0.1) is 12.6 Å². The number of rotatable bonds is 4. The summed E-state index contributed by atoms with van der Waals surface area (Å²) in [6, 6.07) is -0.983. The number of amides is 3. The van der Waals surface area contributed by atoms with Crippen LogP contribution in [0.1, 0.15) is 18.0 Å². The van der Waals surface area contributed by atoms with Gasteiger partial charge in [-0.1, -0.05) is 17.7 Å². The van der Waals surface area contributed by atoms with Gasteiger partial charge in [-0.15, -0.1) is 0 Å². The van der Waals surface area contributed by atoms with Crippen molar-refractivity contribution in [2.24, 2.45) is 5.92 Å². The molecule has 6 nitrogen and oxygen atoms in total. The van der Waals surface area contributed by atoms with E-state index in [9.17, 15) is 31.5 Å². The van der Waals surface area contributed by atoms with Crippen molar-refractivity contribution in [3.8, 4) is 0 Å². The molecule has 0 saturated carbocycles. The molecular formula is C16H15ClF5N3O3. The maximum absolute atomic E-state index is 14.5. The second-order valence-corrected chi connectivity index (χ2v) is 6.90. The quantitative estimate of drug-likeness (QED) is 0.510. The zero-order valence-corrected chi connectivity index (χ0v) is 14.8. The summed E-state index contributed by atoms with van der Waals surface area (Å²) in [7, 11) is 0. The molecule has 154 valence electrons. The van der Waals surface area contributed by atoms with E-state index in [1.807, 2.05) is 0 Å². The highest BCUT2D eigenvalue weighted by molar-refractivity contribution is 6.31. The van der Waals surface area contributed by atoms with Crippen LogP contribution in [0.5, 0.6) is 0 Å². The summed E-state index contributed by atoms with van der Waals surface area (Å²) in [5, 5.41) is 6.28. The standard InChI is InChI=1S/C16H15ClF5N3O3/c17-11-8(18)2-1-7(12(11)19)13(6-3-10(28-5-6)16(20,21)22)25-14(26)9-4-23-15(27)24-9/h1-2,6,9-10,13H,3-5H2,(H,25,26)(H2,23,24,27)/t6-,9-,10-,13+/m0/s1. The van der Waals surface area contributed by atoms with Crippen LogP contribution in [0.2, 0.25) is 5.02 Å². The number of hydrogen-bond donors (Lipinski definition) is 3. The third-order valence-electron chi connectivity index (χ3n) is 4.65. The lowest BCUT2D eigenvalue weighted by molar-refractivity contribution is -0.206. The fraction of sp³-hybridized carbons (Fsp3) is 0.500. The molecule has 3 amide bonds. The third-order valence-corrected chi connectivity index (χ3v) is 5.00. The third kappa shape index (κ3) is 4.14. The molecule has 1 aromatic rings. The van der Waals surface area contributed by atoms with E-state index >= 15 is 0 Å². The Balaban J connectivity index is 1.88. The van der Waals surface area contributed by atoms with Gasteiger partial charge in [-0.3, -0.25) is 4.79 Å². The summed E-state index contributed by atoms with van der Waals surface area (Å²) in [5.74, 6) is -3.91. The lowest BCUT2D eigenvalue weighted by atomic mass is 9.90. The van der Waals surface area contributed by atoms with E-state index in [2.05, 4.69) is 16.0 Å². The molecule has 2 heterocycles. The van der Waals surface area contributed by atoms with Crippen molar-refractivity contribution in [1.82, 2.24) is 16.0 Å². The van der Waals surface area contributed by atoms with Crippen molar-refractivity contribution in [3.05, 3.63) is 34.4 Å². The summed E-state index contributed by atoms with van der Waals surface area (Å²) >= 11 is 5.58. The zero-order chi connectivity index (χ0) is 20.6. The minimum atomic E-state index is -4.62. The Hall–Kier alpha value is -2.14. The van der Waals surface area contributed by atoms with E-state index in [4.69, 9.17) is 16.3 Å². The molecule has 0 bridgehead atoms. The molecule has 28 heavy (non-hydrogen) atoms. The molecule has 2 aliphatic rings. The van der Waals surface area contributed by atoms with Gasteiger partial charge in [0.25, 0.3) is 0 Å². The topological polar surface area (TPSA) is 79.5 Å². The molecule has 1 aromatic carbocycles. The SMILES string of the molecule is O=C1NC[C@@H](C(=O)N[C@@H](c2ccc(F)c(Cl)c2F)[C@@H]2CO[C@H](C(F)(F)F)C2)N1. The number of hydrogen-bond acceptors (Lipinski definition) is 3. The molecule has 3 N–H and O–H groups in total. The molecule has 0 spiro atoms. The van der Waals surface area contributed by atoms with Crippen molar-refractivity contribution in [2.45, 2.75) is 30.8 Å². The summed E-state index contributed by atoms with van der Waals surface area (Å²) in [4.78, 5) is 23.6. The van der Waals surface area contributed by atoms with E-state index in [1.165, 1.54) is 0 Å². The lowest BCUT2D eigenvalue weighted by Gasteiger charge is -2.26. The van der Waals surface area contributed by atoms with Crippen LogP contribution < -0.4 is 16.0 Å². The van der Waals surface area contributed by atoms with Gasteiger partial charge in [0.1, 0.15) is 22.7 Å². The highest BCUT2D eigenvalue weighted by Crippen LogP contribution is 2.40. The minimum Gasteiger partial charge on any atom is -0.368 e. The number of benzene rings is 1. The molecule has 0 aromatic heterocycles. The van der Waals surface area contributed by atoms with Gasteiger partial charge in [0.15, 0.2) is 6.10 Å². The molecule has 0 radical (unpaired) electrons. The van der Waals surface area contributed by atoms with E-state index in [-0.39, 0.29) is 12.1 Å². The van der Waals surface area contributed by atoms with Crippen molar-refractivity contribution in [1.29, 1.82) is 0 Å². The van der Waals surface area contributed by atoms with Crippen LogP contribution in [-0.2, 0) is 9.53 Å². The van der Waals surface area contributed by atoms with Gasteiger partial charge in [-0.25, -0.2) is 13.6 Å². The number of urea groups is 1. The fourth-order valence-electron chi connectivity index (χ4n) is 3.21. The van der Waals surface area contributed by atoms with Gasteiger partial charge in [-0.05, 0) is 12.5 Å². The molecule has 0 unspecified atom stereocenters. The summed E-state index contributed by atoms with van der Waals surface area (Å²) in [6.45, 7) is -0.449. The predicted octanol–water partition coefficient (Wildman–Crippen LogP) is 2.42. The Morgan fingerprint density at radius 2 is 2.04 bits per heavy atom. The maximum Gasteiger partial charge on any atom is 0.414 e. The molecular weight excluding hydrogens is 413 g/mol. The molecule has 4 atom stereocenters. The van der Waals surface area contributed by atoms with Crippen LogP contribution in [0.25, 0.3) is 0 Å². The molecule has 12 heteroatoms. The van der Waals surface area contributed by atoms with E-state index in [0.717, 1.165) is 12.1 Å². The highest BCUT2D eigenvalue weighted by atomic mass is 35.5. The highest BCUT2D eigenvalue weighted by Gasteiger charge is 2.48. The van der Waals surface area contributed by atoms with Crippen molar-refractivity contribution >= 4 is 23.5 Å². The first-order valence-corrected chi connectivity index (χ1v) is 8.62. The van der Waals surface area contributed by atoms with Crippen molar-refractivity contribution < 1.29 is 36.3 Å². The Kier molecular flexibility index (Phi) is 5.67. The van der Waals surface area contributed by atoms with Gasteiger partial charge < -0.3 is 20.7 Å². The molecule has 2 saturated heterocycles. The largest absolute Gasteiger partial charge is 0.414 e. The van der Waals surface area contributed by atoms with E-state index < -0.39 is 71.9 Å². The van der Waals surface area contributed by atoms with Gasteiger partial charge in [0.2, 0.25) is 5.91 Å². The van der Waals surface area contributed by atoms with Crippen LogP contribution >= 0.6 is 11.6 Å². The predicted molar refractivity (Wildman–Crippen MR) is 86.5 cm³/mol. The summed E-state index contributed by atoms with van der Waals surface area (Å²) in [5.41, 5.74) is -0.270. The van der Waals surface area contributed by atoms with E-state index in [1.54, 1.807) is 0 Å². The lowest BCUT2D eigenvalue weighted by Crippen LogP contribution is -2.46. The number of carbonyl (C=O) groups is 2. The Labute approximate surface area is 160 Å². The maximum atomic E-state index is 14.5. The van der Waals surface area contributed by atoms with Gasteiger partial charge in [0, 0.05) is 18.0 Å².